The largest absolute Gasteiger partial charge is 0.507 e. The number of aryl methyl sites for hydroxylation is 1. The SMILES string of the molecule is COc1cc2c(cc1OCC13CC(C(=O)N4CC(CCl)c5c4cc(O)c4cccc(C)c54)(C1)C3)N=C[C@@H]1CC(c3ccc(NC(=O)COCNC(=O)CNC(=O)[C@H](Cc4ccccc4)NC(=O)CNC(=O)CNC(=O)C(CNCC(=O)O)N4C(=O)C=CC4=O)cc3)=CN1C2=O. The summed E-state index contributed by atoms with van der Waals surface area (Å²) in [6, 6.07) is 23.4. The summed E-state index contributed by atoms with van der Waals surface area (Å²) in [7, 11) is 1.51. The molecule has 0 radical (unpaired) electrons. The molecule has 0 spiro atoms. The maximum absolute atomic E-state index is 14.3. The van der Waals surface area contributed by atoms with Crippen molar-refractivity contribution in [2.45, 2.75) is 63.1 Å². The molecule has 0 aromatic heterocycles. The van der Waals surface area contributed by atoms with Gasteiger partial charge in [0.15, 0.2) is 11.5 Å². The quantitative estimate of drug-likeness (QED) is 0.0150. The number of nitrogens with one attached hydrogen (secondary N) is 7. The molecular weight excluding hydrogens is 1250 g/mol. The van der Waals surface area contributed by atoms with E-state index in [4.69, 9.17) is 35.9 Å². The molecule has 4 aliphatic heterocycles. The normalized spacial score (nSPS) is 20.0. The average Bonchev–Trinajstić information content (AvgIpc) is 1.27. The number of anilines is 2. The lowest BCUT2D eigenvalue weighted by Gasteiger charge is -2.69. The molecule has 5 aromatic carbocycles. The van der Waals surface area contributed by atoms with E-state index in [0.29, 0.717) is 83.6 Å². The number of hydrogen-bond acceptors (Lipinski definition) is 17. The fourth-order valence-electron chi connectivity index (χ4n) is 13.2. The maximum atomic E-state index is 14.3. The Kier molecular flexibility index (Phi) is 19.4. The number of phenolic OH excluding ortho intramolecular Hbond substituents is 1. The van der Waals surface area contributed by atoms with E-state index in [1.54, 1.807) is 90.1 Å². The van der Waals surface area contributed by atoms with Crippen molar-refractivity contribution in [3.05, 3.63) is 137 Å². The van der Waals surface area contributed by atoms with Gasteiger partial charge < -0.3 is 71.4 Å². The first-order valence-electron chi connectivity index (χ1n) is 30.6. The number of aliphatic carboxylic acids is 1. The predicted molar refractivity (Wildman–Crippen MR) is 344 cm³/mol. The number of hydrogen-bond donors (Lipinski definition) is 9. The zero-order valence-corrected chi connectivity index (χ0v) is 52.4. The molecule has 3 aliphatic carbocycles. The number of fused-ring (bicyclic) bond motifs is 5. The number of carboxylic acids is 1. The number of ether oxygens (including phenoxy) is 3. The molecule has 12 rings (SSSR count). The van der Waals surface area contributed by atoms with Gasteiger partial charge in [-0.15, -0.1) is 11.6 Å². The number of alkyl halides is 1. The van der Waals surface area contributed by atoms with E-state index in [2.05, 4.69) is 37.2 Å². The number of methoxy groups -OCH3 is 1. The van der Waals surface area contributed by atoms with E-state index in [1.807, 2.05) is 30.0 Å². The van der Waals surface area contributed by atoms with Crippen LogP contribution in [0.3, 0.4) is 0 Å². The fraction of sp³-hybridized carbons (Fsp3) is 0.343. The van der Waals surface area contributed by atoms with Gasteiger partial charge >= 0.3 is 5.97 Å². The van der Waals surface area contributed by atoms with Crippen molar-refractivity contribution in [3.63, 3.8) is 0 Å². The number of rotatable bonds is 28. The number of aliphatic imine (C=N–C) groups is 1. The molecule has 95 heavy (non-hydrogen) atoms. The number of aromatic hydroxyl groups is 1. The van der Waals surface area contributed by atoms with Gasteiger partial charge in [0.1, 0.15) is 31.2 Å². The number of nitrogens with zero attached hydrogens (tertiary/aromatic N) is 4. The van der Waals surface area contributed by atoms with Crippen LogP contribution in [-0.2, 0) is 59.1 Å². The van der Waals surface area contributed by atoms with E-state index in [9.17, 15) is 57.8 Å². The minimum Gasteiger partial charge on any atom is -0.507 e. The zero-order valence-electron chi connectivity index (χ0n) is 51.7. The Balaban J connectivity index is 0.601. The van der Waals surface area contributed by atoms with Crippen LogP contribution in [0.1, 0.15) is 64.2 Å². The third-order valence-electron chi connectivity index (χ3n) is 17.7. The Labute approximate surface area is 548 Å². The van der Waals surface area contributed by atoms with Crippen molar-refractivity contribution >= 4 is 116 Å². The maximum Gasteiger partial charge on any atom is 0.317 e. The molecule has 0 saturated heterocycles. The third kappa shape index (κ3) is 14.2. The van der Waals surface area contributed by atoms with Gasteiger partial charge in [0.25, 0.3) is 17.7 Å². The van der Waals surface area contributed by atoms with Crippen LogP contribution >= 0.6 is 11.6 Å². The Morgan fingerprint density at radius 2 is 1.49 bits per heavy atom. The number of carbonyl (C=O) groups is 11. The molecule has 5 aromatic rings. The van der Waals surface area contributed by atoms with Crippen molar-refractivity contribution in [2.75, 3.05) is 82.4 Å². The molecule has 2 bridgehead atoms. The van der Waals surface area contributed by atoms with Gasteiger partial charge in [-0.25, -0.2) is 0 Å². The smallest absolute Gasteiger partial charge is 0.317 e. The molecule has 28 heteroatoms. The molecule has 9 N–H and O–H groups in total. The number of carboxylic acid groups (broad SMARTS) is 1. The van der Waals surface area contributed by atoms with Crippen LogP contribution in [-0.4, -0.2) is 182 Å². The topological polar surface area (TPSA) is 362 Å². The summed E-state index contributed by atoms with van der Waals surface area (Å²) in [4.78, 5) is 150. The van der Waals surface area contributed by atoms with Crippen molar-refractivity contribution < 1.29 is 77.2 Å². The second-order valence-electron chi connectivity index (χ2n) is 24.3. The van der Waals surface area contributed by atoms with Gasteiger partial charge in [-0.1, -0.05) is 60.7 Å². The van der Waals surface area contributed by atoms with Crippen LogP contribution in [0.15, 0.2) is 114 Å². The van der Waals surface area contributed by atoms with E-state index in [1.165, 1.54) is 7.11 Å². The number of phenols is 1. The minimum absolute atomic E-state index is 0.0128. The van der Waals surface area contributed by atoms with Crippen LogP contribution in [0.5, 0.6) is 17.2 Å². The number of amides is 10. The van der Waals surface area contributed by atoms with E-state index >= 15 is 0 Å². The van der Waals surface area contributed by atoms with Crippen molar-refractivity contribution in [2.24, 2.45) is 15.8 Å². The second-order valence-corrected chi connectivity index (χ2v) is 24.6. The van der Waals surface area contributed by atoms with E-state index in [0.717, 1.165) is 50.9 Å². The number of halogens is 1. The van der Waals surface area contributed by atoms with Crippen LogP contribution in [0.4, 0.5) is 17.1 Å². The number of imide groups is 1. The second kappa shape index (κ2) is 28.0. The molecular formula is C67H68ClN11O16. The Morgan fingerprint density at radius 3 is 2.20 bits per heavy atom. The van der Waals surface area contributed by atoms with Crippen LogP contribution in [0, 0.1) is 17.8 Å². The van der Waals surface area contributed by atoms with Gasteiger partial charge in [-0.3, -0.25) is 62.6 Å². The molecule has 2 unspecified atom stereocenters. The summed E-state index contributed by atoms with van der Waals surface area (Å²) >= 11 is 6.52. The molecule has 4 atom stereocenters. The van der Waals surface area contributed by atoms with Gasteiger partial charge in [-0.2, -0.15) is 0 Å². The van der Waals surface area contributed by atoms with Gasteiger partial charge in [0.05, 0.1) is 68.3 Å². The first-order chi connectivity index (χ1) is 45.6. The monoisotopic (exact) mass is 1320 g/mol. The first kappa shape index (κ1) is 66.0. The standard InChI is InChI=1S/C67H68ClN11O16/c1-37-7-6-10-44-50(80)21-48-61(60(37)44)41(22-68)30-78(48)65(92)67-32-66(33-67,34-67)35-95-52-20-46-45(19-51(52)93-2)64(91)77-29-40(18-43(77)23-70-46)39-11-13-42(14-12-39)75-56(84)31-94-36-74-54(82)26-72-62(89)47(17-38-8-4-3-5-9-38)76-55(83)27-71-53(81)25-73-63(90)49(24-69-28-59(87)88)79-57(85)15-16-58(79)86/h3-16,19-21,23,29,41,43,47,49,69,80H,17-18,22,24-28,30-36H2,1-2H3,(H,71,81)(H,72,89)(H,73,90)(H,74,82)(H,75,84)(H,76,83)(H,87,88)/t41?,43-,47-,49?,66?,67?/m0/s1. The third-order valence-corrected chi connectivity index (χ3v) is 18.1. The van der Waals surface area contributed by atoms with Gasteiger partial charge in [0, 0.05) is 90.9 Å². The highest BCUT2D eigenvalue weighted by molar-refractivity contribution is 6.19. The number of carbonyl (C=O) groups excluding carboxylic acids is 10. The summed E-state index contributed by atoms with van der Waals surface area (Å²) < 4.78 is 17.6. The van der Waals surface area contributed by atoms with Crippen LogP contribution < -0.4 is 51.6 Å². The highest BCUT2D eigenvalue weighted by Crippen LogP contribution is 2.74. The van der Waals surface area contributed by atoms with Gasteiger partial charge in [-0.05, 0) is 77.6 Å². The predicted octanol–water partition coefficient (Wildman–Crippen LogP) is 2.82. The van der Waals surface area contributed by atoms with Gasteiger partial charge in [0.2, 0.25) is 41.4 Å². The Hall–Kier alpha value is -10.5. The Bertz CT molecular complexity index is 4030. The van der Waals surface area contributed by atoms with Crippen LogP contribution in [0.2, 0.25) is 0 Å². The molecule has 3 fully saturated rings. The molecule has 10 amide bonds. The summed E-state index contributed by atoms with van der Waals surface area (Å²) in [5.41, 5.74) is 5.58. The lowest BCUT2D eigenvalue weighted by atomic mass is 9.35. The fourth-order valence-corrected chi connectivity index (χ4v) is 13.5. The molecule has 494 valence electrons. The van der Waals surface area contributed by atoms with Crippen molar-refractivity contribution in [1.82, 2.24) is 41.7 Å². The summed E-state index contributed by atoms with van der Waals surface area (Å²) in [6.07, 6.45) is 7.83. The Morgan fingerprint density at radius 1 is 0.789 bits per heavy atom. The zero-order chi connectivity index (χ0) is 67.3. The molecule has 3 saturated carbocycles. The minimum atomic E-state index is -1.50. The molecule has 7 aliphatic rings. The van der Waals surface area contributed by atoms with E-state index < -0.39 is 117 Å². The van der Waals surface area contributed by atoms with Crippen molar-refractivity contribution in [3.8, 4) is 17.2 Å². The summed E-state index contributed by atoms with van der Waals surface area (Å²) in [5.74, 6) is -6.49. The average molecular weight is 1320 g/mol. The first-order valence-corrected chi connectivity index (χ1v) is 31.1. The summed E-state index contributed by atoms with van der Waals surface area (Å²) in [5, 5.41) is 38.8. The molecule has 4 heterocycles. The lowest BCUT2D eigenvalue weighted by molar-refractivity contribution is -0.215. The van der Waals surface area contributed by atoms with Crippen LogP contribution in [0.25, 0.3) is 16.3 Å². The van der Waals surface area contributed by atoms with Crippen molar-refractivity contribution in [1.29, 1.82) is 0 Å². The van der Waals surface area contributed by atoms with E-state index in [-0.39, 0.29) is 41.4 Å². The highest BCUT2D eigenvalue weighted by Gasteiger charge is 2.72. The lowest BCUT2D eigenvalue weighted by Crippen LogP contribution is -2.70. The number of benzene rings is 5. The molecule has 27 nitrogen and oxygen atoms in total. The summed E-state index contributed by atoms with van der Waals surface area (Å²) in [6.45, 7) is -0.947. The highest BCUT2D eigenvalue weighted by atomic mass is 35.5.